The number of aryl methyl sites for hydroxylation is 1. The molecule has 2 aromatic heterocycles. The zero-order chi connectivity index (χ0) is 22.1. The molecule has 6 N–H and O–H groups in total. The number of anilines is 1. The number of primary amides is 2. The van der Waals surface area contributed by atoms with Crippen molar-refractivity contribution in [2.75, 3.05) is 5.32 Å². The monoisotopic (exact) mass is 419 g/mol. The molecule has 4 rings (SSSR count). The first-order valence-electron chi connectivity index (χ1n) is 9.29. The van der Waals surface area contributed by atoms with E-state index in [1.165, 1.54) is 12.1 Å². The molecular formula is C21H18FN7O2. The van der Waals surface area contributed by atoms with Gasteiger partial charge in [0, 0.05) is 23.2 Å². The van der Waals surface area contributed by atoms with Crippen LogP contribution in [-0.2, 0) is 6.54 Å². The number of fused-ring (bicyclic) bond motifs is 1. The van der Waals surface area contributed by atoms with Crippen molar-refractivity contribution in [1.29, 1.82) is 0 Å². The van der Waals surface area contributed by atoms with Crippen molar-refractivity contribution < 1.29 is 14.0 Å². The van der Waals surface area contributed by atoms with Crippen LogP contribution in [0.1, 0.15) is 32.1 Å². The highest BCUT2D eigenvalue weighted by Crippen LogP contribution is 2.32. The van der Waals surface area contributed by atoms with Crippen LogP contribution in [0.25, 0.3) is 22.3 Å². The third kappa shape index (κ3) is 3.78. The molecule has 0 aliphatic carbocycles. The van der Waals surface area contributed by atoms with Crippen molar-refractivity contribution in [2.24, 2.45) is 11.5 Å². The molecule has 0 atom stereocenters. The normalized spacial score (nSPS) is 10.9. The van der Waals surface area contributed by atoms with E-state index in [9.17, 15) is 14.0 Å². The zero-order valence-corrected chi connectivity index (χ0v) is 16.4. The molecule has 2 amide bonds. The lowest BCUT2D eigenvalue weighted by atomic mass is 10.1. The Bertz CT molecular complexity index is 1330. The lowest BCUT2D eigenvalue weighted by Crippen LogP contribution is -2.19. The molecule has 0 fully saturated rings. The number of amides is 2. The molecule has 2 heterocycles. The maximum Gasteiger partial charge on any atom is 0.273 e. The highest BCUT2D eigenvalue weighted by Gasteiger charge is 2.20. The molecule has 0 aliphatic rings. The highest BCUT2D eigenvalue weighted by molar-refractivity contribution is 6.09. The number of nitrogens with two attached hydrogens (primary N) is 2. The van der Waals surface area contributed by atoms with Gasteiger partial charge >= 0.3 is 0 Å². The van der Waals surface area contributed by atoms with Crippen molar-refractivity contribution in [3.8, 4) is 11.4 Å². The van der Waals surface area contributed by atoms with Crippen molar-refractivity contribution in [1.82, 2.24) is 20.2 Å². The molecule has 0 aliphatic heterocycles. The largest absolute Gasteiger partial charge is 0.366 e. The average Bonchev–Trinajstić information content (AvgIpc) is 3.07. The van der Waals surface area contributed by atoms with Gasteiger partial charge in [0.2, 0.25) is 0 Å². The second kappa shape index (κ2) is 7.82. The number of H-pyrrole nitrogens is 1. The van der Waals surface area contributed by atoms with E-state index in [4.69, 9.17) is 11.5 Å². The summed E-state index contributed by atoms with van der Waals surface area (Å²) in [5.41, 5.74) is 13.6. The minimum Gasteiger partial charge on any atom is -0.366 e. The standard InChI is InChI=1S/C21H18FN7O2/c1-10-15(13-6-3-7-14(18(23)30)16(13)26-10)20-27-21(17(19(24)31)28-29-20)25-9-11-4-2-5-12(22)8-11/h2-8,26H,9H2,1H3,(H2,23,30)(H2,24,31)(H,25,27,29). The molecule has 0 spiro atoms. The van der Waals surface area contributed by atoms with E-state index in [-0.39, 0.29) is 29.7 Å². The fraction of sp³-hybridized carbons (Fsp3) is 0.0952. The number of benzene rings is 2. The van der Waals surface area contributed by atoms with Crippen molar-refractivity contribution in [2.45, 2.75) is 13.5 Å². The number of hydrogen-bond donors (Lipinski definition) is 4. The van der Waals surface area contributed by atoms with Gasteiger partial charge in [0.15, 0.2) is 17.3 Å². The van der Waals surface area contributed by atoms with E-state index in [0.29, 0.717) is 33.3 Å². The van der Waals surface area contributed by atoms with Crippen LogP contribution in [0.5, 0.6) is 0 Å². The third-order valence-electron chi connectivity index (χ3n) is 4.78. The molecule has 0 unspecified atom stereocenters. The summed E-state index contributed by atoms with van der Waals surface area (Å²) in [6, 6.07) is 11.1. The molecule has 10 heteroatoms. The Morgan fingerprint density at radius 2 is 1.87 bits per heavy atom. The number of para-hydroxylation sites is 1. The Kier molecular flexibility index (Phi) is 5.04. The number of carbonyl (C=O) groups excluding carboxylic acids is 2. The van der Waals surface area contributed by atoms with E-state index in [0.717, 1.165) is 0 Å². The number of nitrogens with zero attached hydrogens (tertiary/aromatic N) is 3. The summed E-state index contributed by atoms with van der Waals surface area (Å²) < 4.78 is 13.5. The summed E-state index contributed by atoms with van der Waals surface area (Å²) in [7, 11) is 0. The number of aromatic nitrogens is 4. The Labute approximate surface area is 175 Å². The van der Waals surface area contributed by atoms with Crippen LogP contribution in [0.2, 0.25) is 0 Å². The number of halogens is 1. The van der Waals surface area contributed by atoms with Crippen LogP contribution in [0.4, 0.5) is 10.2 Å². The molecular weight excluding hydrogens is 401 g/mol. The van der Waals surface area contributed by atoms with Gasteiger partial charge in [-0.1, -0.05) is 24.3 Å². The molecule has 156 valence electrons. The van der Waals surface area contributed by atoms with E-state index in [1.54, 1.807) is 37.3 Å². The quantitative estimate of drug-likeness (QED) is 0.376. The van der Waals surface area contributed by atoms with Crippen LogP contribution in [0.3, 0.4) is 0 Å². The predicted molar refractivity (Wildman–Crippen MR) is 113 cm³/mol. The average molecular weight is 419 g/mol. The van der Waals surface area contributed by atoms with E-state index >= 15 is 0 Å². The molecule has 9 nitrogen and oxygen atoms in total. The van der Waals surface area contributed by atoms with Crippen molar-refractivity contribution in [3.63, 3.8) is 0 Å². The molecule has 0 saturated heterocycles. The zero-order valence-electron chi connectivity index (χ0n) is 16.4. The predicted octanol–water partition coefficient (Wildman–Crippen LogP) is 2.28. The first kappa shape index (κ1) is 20.0. The first-order chi connectivity index (χ1) is 14.8. The Hall–Kier alpha value is -4.34. The summed E-state index contributed by atoms with van der Waals surface area (Å²) in [5.74, 6) is -1.42. The Balaban J connectivity index is 1.79. The van der Waals surface area contributed by atoms with Crippen LogP contribution in [0, 0.1) is 12.7 Å². The number of rotatable bonds is 6. The van der Waals surface area contributed by atoms with Crippen LogP contribution >= 0.6 is 0 Å². The molecule has 0 radical (unpaired) electrons. The van der Waals surface area contributed by atoms with E-state index in [1.807, 2.05) is 0 Å². The maximum absolute atomic E-state index is 13.5. The minimum absolute atomic E-state index is 0.113. The van der Waals surface area contributed by atoms with Gasteiger partial charge in [-0.25, -0.2) is 9.37 Å². The van der Waals surface area contributed by atoms with Gasteiger partial charge in [0.05, 0.1) is 11.1 Å². The number of aromatic amines is 1. The molecule has 4 aromatic rings. The van der Waals surface area contributed by atoms with Crippen LogP contribution in [0.15, 0.2) is 42.5 Å². The van der Waals surface area contributed by atoms with Gasteiger partial charge < -0.3 is 21.8 Å². The summed E-state index contributed by atoms with van der Waals surface area (Å²) in [6.07, 6.45) is 0. The fourth-order valence-corrected chi connectivity index (χ4v) is 3.39. The topological polar surface area (TPSA) is 153 Å². The number of carbonyl (C=O) groups is 2. The Morgan fingerprint density at radius 1 is 1.10 bits per heavy atom. The fourth-order valence-electron chi connectivity index (χ4n) is 3.39. The van der Waals surface area contributed by atoms with E-state index < -0.39 is 11.8 Å². The van der Waals surface area contributed by atoms with Gasteiger partial charge in [0.1, 0.15) is 5.82 Å². The maximum atomic E-state index is 13.5. The van der Waals surface area contributed by atoms with Crippen molar-refractivity contribution >= 4 is 28.5 Å². The summed E-state index contributed by atoms with van der Waals surface area (Å²) in [5, 5.41) is 11.7. The lowest BCUT2D eigenvalue weighted by Gasteiger charge is -2.10. The van der Waals surface area contributed by atoms with Gasteiger partial charge in [-0.3, -0.25) is 9.59 Å². The van der Waals surface area contributed by atoms with Gasteiger partial charge in [-0.2, -0.15) is 0 Å². The summed E-state index contributed by atoms with van der Waals surface area (Å²) in [4.78, 5) is 31.1. The summed E-state index contributed by atoms with van der Waals surface area (Å²) >= 11 is 0. The third-order valence-corrected chi connectivity index (χ3v) is 4.78. The number of hydrogen-bond acceptors (Lipinski definition) is 6. The lowest BCUT2D eigenvalue weighted by molar-refractivity contribution is 0.0989. The van der Waals surface area contributed by atoms with Gasteiger partial charge in [0.25, 0.3) is 11.8 Å². The second-order valence-corrected chi connectivity index (χ2v) is 6.90. The van der Waals surface area contributed by atoms with E-state index in [2.05, 4.69) is 25.5 Å². The SMILES string of the molecule is Cc1[nH]c2c(C(N)=O)cccc2c1-c1nnc(C(N)=O)c(NCc2cccc(F)c2)n1. The number of nitrogens with one attached hydrogen (secondary N) is 2. The first-order valence-corrected chi connectivity index (χ1v) is 9.29. The smallest absolute Gasteiger partial charge is 0.273 e. The molecule has 0 bridgehead atoms. The minimum atomic E-state index is -0.806. The molecule has 2 aromatic carbocycles. The van der Waals surface area contributed by atoms with Crippen LogP contribution in [-0.4, -0.2) is 32.0 Å². The molecule has 0 saturated carbocycles. The van der Waals surface area contributed by atoms with Crippen molar-refractivity contribution in [3.05, 3.63) is 70.8 Å². The molecule has 31 heavy (non-hydrogen) atoms. The highest BCUT2D eigenvalue weighted by atomic mass is 19.1. The Morgan fingerprint density at radius 3 is 2.58 bits per heavy atom. The van der Waals surface area contributed by atoms with Gasteiger partial charge in [-0.15, -0.1) is 10.2 Å². The van der Waals surface area contributed by atoms with Crippen LogP contribution < -0.4 is 16.8 Å². The second-order valence-electron chi connectivity index (χ2n) is 6.90. The summed E-state index contributed by atoms with van der Waals surface area (Å²) in [6.45, 7) is 1.99. The van der Waals surface area contributed by atoms with Gasteiger partial charge in [-0.05, 0) is 30.7 Å².